The van der Waals surface area contributed by atoms with Gasteiger partial charge in [0.1, 0.15) is 0 Å². The number of hydrogen-bond donors (Lipinski definition) is 1. The number of pyridine rings is 1. The molecule has 0 saturated carbocycles. The summed E-state index contributed by atoms with van der Waals surface area (Å²) in [5.74, 6) is 6.97. The number of aryl methyl sites for hydroxylation is 1. The fourth-order valence-electron chi connectivity index (χ4n) is 2.11. The lowest BCUT2D eigenvalue weighted by molar-refractivity contribution is 0.764. The number of rotatable bonds is 3. The van der Waals surface area contributed by atoms with Crippen molar-refractivity contribution in [1.29, 1.82) is 0 Å². The molecule has 1 atom stereocenters. The highest BCUT2D eigenvalue weighted by Crippen LogP contribution is 2.30. The normalized spacial score (nSPS) is 17.7. The predicted octanol–water partition coefficient (Wildman–Crippen LogP) is 2.24. The van der Waals surface area contributed by atoms with Gasteiger partial charge in [-0.25, -0.2) is 0 Å². The van der Waals surface area contributed by atoms with E-state index in [9.17, 15) is 0 Å². The Morgan fingerprint density at radius 2 is 2.38 bits per heavy atom. The van der Waals surface area contributed by atoms with Gasteiger partial charge in [0.25, 0.3) is 0 Å². The van der Waals surface area contributed by atoms with Gasteiger partial charge >= 0.3 is 0 Å². The molecule has 1 aromatic rings. The molecule has 0 fully saturated rings. The van der Waals surface area contributed by atoms with Gasteiger partial charge < -0.3 is 5.73 Å². The number of hydrogen-bond acceptors (Lipinski definition) is 2. The average molecular weight is 214 g/mol. The zero-order valence-electron chi connectivity index (χ0n) is 9.58. The largest absolute Gasteiger partial charge is 0.330 e. The van der Waals surface area contributed by atoms with Gasteiger partial charge in [-0.3, -0.25) is 4.98 Å². The monoisotopic (exact) mass is 214 g/mol. The second kappa shape index (κ2) is 5.67. The third-order valence-corrected chi connectivity index (χ3v) is 2.99. The van der Waals surface area contributed by atoms with Crippen molar-refractivity contribution in [2.75, 3.05) is 6.54 Å². The first-order valence-corrected chi connectivity index (χ1v) is 6.04. The molecule has 1 aromatic heterocycles. The molecule has 0 bridgehead atoms. The molecule has 84 valence electrons. The highest BCUT2D eigenvalue weighted by molar-refractivity contribution is 5.34. The minimum absolute atomic E-state index is 0.370. The summed E-state index contributed by atoms with van der Waals surface area (Å²) in [5.41, 5.74) is 8.02. The molecule has 0 spiro atoms. The molecule has 1 aliphatic carbocycles. The Bertz CT molecular complexity index is 401. The maximum atomic E-state index is 5.44. The smallest absolute Gasteiger partial charge is 0.0631 e. The number of fused-ring (bicyclic) bond motifs is 1. The van der Waals surface area contributed by atoms with Crippen LogP contribution in [0.15, 0.2) is 18.3 Å². The number of aromatic nitrogens is 1. The highest BCUT2D eigenvalue weighted by atomic mass is 14.7. The van der Waals surface area contributed by atoms with Gasteiger partial charge in [-0.1, -0.05) is 12.0 Å². The standard InChI is InChI=1S/C14H18N2/c15-10-4-2-1-3-6-12-8-9-13-7-5-11-16-14(12)13/h5,7,11-12H,1-2,4,8-10,15H2. The Kier molecular flexibility index (Phi) is 3.96. The summed E-state index contributed by atoms with van der Waals surface area (Å²) in [6.07, 6.45) is 7.30. The first kappa shape index (κ1) is 11.2. The Hall–Kier alpha value is -1.33. The van der Waals surface area contributed by atoms with E-state index in [0.29, 0.717) is 5.92 Å². The lowest BCUT2D eigenvalue weighted by Gasteiger charge is -2.00. The molecule has 0 saturated heterocycles. The Morgan fingerprint density at radius 1 is 1.44 bits per heavy atom. The van der Waals surface area contributed by atoms with Crippen molar-refractivity contribution in [2.24, 2.45) is 5.73 Å². The van der Waals surface area contributed by atoms with Crippen LogP contribution in [0, 0.1) is 11.8 Å². The van der Waals surface area contributed by atoms with Crippen molar-refractivity contribution in [3.63, 3.8) is 0 Å². The topological polar surface area (TPSA) is 38.9 Å². The van der Waals surface area contributed by atoms with E-state index in [2.05, 4.69) is 22.9 Å². The lowest BCUT2D eigenvalue weighted by atomic mass is 10.1. The van der Waals surface area contributed by atoms with E-state index < -0.39 is 0 Å². The molecule has 1 heterocycles. The summed E-state index contributed by atoms with van der Waals surface area (Å²) in [4.78, 5) is 4.43. The quantitative estimate of drug-likeness (QED) is 0.619. The van der Waals surface area contributed by atoms with Crippen molar-refractivity contribution in [1.82, 2.24) is 4.98 Å². The van der Waals surface area contributed by atoms with Crippen molar-refractivity contribution in [3.8, 4) is 11.8 Å². The van der Waals surface area contributed by atoms with E-state index in [1.165, 1.54) is 11.3 Å². The van der Waals surface area contributed by atoms with E-state index in [0.717, 1.165) is 38.6 Å². The molecule has 2 heteroatoms. The van der Waals surface area contributed by atoms with Crippen LogP contribution in [0.2, 0.25) is 0 Å². The van der Waals surface area contributed by atoms with Crippen molar-refractivity contribution < 1.29 is 0 Å². The first-order valence-electron chi connectivity index (χ1n) is 6.04. The molecular weight excluding hydrogens is 196 g/mol. The number of nitrogens with two attached hydrogens (primary N) is 1. The molecule has 1 unspecified atom stereocenters. The number of nitrogens with zero attached hydrogens (tertiary/aromatic N) is 1. The van der Waals surface area contributed by atoms with Crippen LogP contribution in [-0.2, 0) is 6.42 Å². The third-order valence-electron chi connectivity index (χ3n) is 2.99. The van der Waals surface area contributed by atoms with E-state index in [-0.39, 0.29) is 0 Å². The summed E-state index contributed by atoms with van der Waals surface area (Å²) in [5, 5.41) is 0. The van der Waals surface area contributed by atoms with Gasteiger partial charge in [-0.05, 0) is 43.9 Å². The van der Waals surface area contributed by atoms with Crippen LogP contribution in [0.5, 0.6) is 0 Å². The molecule has 2 N–H and O–H groups in total. The molecular formula is C14H18N2. The number of unbranched alkanes of at least 4 members (excludes halogenated alkanes) is 2. The highest BCUT2D eigenvalue weighted by Gasteiger charge is 2.21. The molecule has 16 heavy (non-hydrogen) atoms. The average Bonchev–Trinajstić information content (AvgIpc) is 2.73. The minimum atomic E-state index is 0.370. The fourth-order valence-corrected chi connectivity index (χ4v) is 2.11. The minimum Gasteiger partial charge on any atom is -0.330 e. The van der Waals surface area contributed by atoms with Gasteiger partial charge in [0.2, 0.25) is 0 Å². The van der Waals surface area contributed by atoms with Crippen LogP contribution < -0.4 is 5.73 Å². The van der Waals surface area contributed by atoms with E-state index in [4.69, 9.17) is 5.73 Å². The SMILES string of the molecule is NCCCCC#CC1CCc2cccnc21. The Morgan fingerprint density at radius 3 is 3.25 bits per heavy atom. The molecule has 2 rings (SSSR count). The van der Waals surface area contributed by atoms with Gasteiger partial charge in [0, 0.05) is 12.6 Å². The maximum absolute atomic E-state index is 5.44. The van der Waals surface area contributed by atoms with E-state index in [1.54, 1.807) is 0 Å². The van der Waals surface area contributed by atoms with Crippen LogP contribution in [0.4, 0.5) is 0 Å². The lowest BCUT2D eigenvalue weighted by Crippen LogP contribution is -1.97. The first-order chi connectivity index (χ1) is 7.92. The van der Waals surface area contributed by atoms with Crippen LogP contribution in [0.3, 0.4) is 0 Å². The van der Waals surface area contributed by atoms with Gasteiger partial charge in [0.05, 0.1) is 11.6 Å². The van der Waals surface area contributed by atoms with Crippen LogP contribution >= 0.6 is 0 Å². The Balaban J connectivity index is 1.92. The molecule has 2 nitrogen and oxygen atoms in total. The summed E-state index contributed by atoms with van der Waals surface area (Å²) >= 11 is 0. The second-order valence-corrected chi connectivity index (χ2v) is 4.21. The molecule has 0 amide bonds. The summed E-state index contributed by atoms with van der Waals surface area (Å²) in [6.45, 7) is 0.773. The van der Waals surface area contributed by atoms with Gasteiger partial charge in [-0.2, -0.15) is 0 Å². The van der Waals surface area contributed by atoms with Gasteiger partial charge in [-0.15, -0.1) is 5.92 Å². The van der Waals surface area contributed by atoms with Crippen LogP contribution in [0.25, 0.3) is 0 Å². The molecule has 1 aliphatic rings. The predicted molar refractivity (Wildman–Crippen MR) is 66.0 cm³/mol. The Labute approximate surface area is 97.3 Å². The van der Waals surface area contributed by atoms with Crippen LogP contribution in [-0.4, -0.2) is 11.5 Å². The molecule has 0 aliphatic heterocycles. The second-order valence-electron chi connectivity index (χ2n) is 4.21. The third kappa shape index (κ3) is 2.62. The maximum Gasteiger partial charge on any atom is 0.0631 e. The van der Waals surface area contributed by atoms with Crippen molar-refractivity contribution >= 4 is 0 Å². The molecule has 0 aromatic carbocycles. The zero-order valence-corrected chi connectivity index (χ0v) is 9.58. The van der Waals surface area contributed by atoms with E-state index >= 15 is 0 Å². The molecule has 0 radical (unpaired) electrons. The van der Waals surface area contributed by atoms with Crippen molar-refractivity contribution in [2.45, 2.75) is 38.0 Å². The van der Waals surface area contributed by atoms with Crippen molar-refractivity contribution in [3.05, 3.63) is 29.6 Å². The van der Waals surface area contributed by atoms with Crippen LogP contribution in [0.1, 0.15) is 42.9 Å². The van der Waals surface area contributed by atoms with E-state index in [1.807, 2.05) is 12.3 Å². The summed E-state index contributed by atoms with van der Waals surface area (Å²) < 4.78 is 0. The fraction of sp³-hybridized carbons (Fsp3) is 0.500. The summed E-state index contributed by atoms with van der Waals surface area (Å²) in [7, 11) is 0. The van der Waals surface area contributed by atoms with Gasteiger partial charge in [0.15, 0.2) is 0 Å². The summed E-state index contributed by atoms with van der Waals surface area (Å²) in [6, 6.07) is 4.17. The zero-order chi connectivity index (χ0) is 11.2.